The Balaban J connectivity index is 2.04. The van der Waals surface area contributed by atoms with Gasteiger partial charge in [0.15, 0.2) is 9.84 Å². The first-order chi connectivity index (χ1) is 13.9. The zero-order valence-corrected chi connectivity index (χ0v) is 17.3. The van der Waals surface area contributed by atoms with E-state index in [2.05, 4.69) is 0 Å². The molecule has 0 N–H and O–H groups in total. The highest BCUT2D eigenvalue weighted by atomic mass is 32.2. The molecule has 0 saturated carbocycles. The molecule has 154 valence electrons. The van der Waals surface area contributed by atoms with Crippen LogP contribution in [-0.2, 0) is 9.84 Å². The van der Waals surface area contributed by atoms with Gasteiger partial charge in [0.2, 0.25) is 0 Å². The summed E-state index contributed by atoms with van der Waals surface area (Å²) in [5.41, 5.74) is 0.864. The monoisotopic (exact) mass is 417 g/mol. The highest BCUT2D eigenvalue weighted by molar-refractivity contribution is 7.94. The fraction of sp³-hybridized carbons (Fsp3) is 0.286. The van der Waals surface area contributed by atoms with Gasteiger partial charge in [0, 0.05) is 17.0 Å². The molecule has 29 heavy (non-hydrogen) atoms. The third-order valence-corrected chi connectivity index (χ3v) is 5.90. The Bertz CT molecular complexity index is 1010. The standard InChI is InChI=1S/C21H23NO6S/c1-4-28-17-7-5-15(6-8-17)21(23)22(16-11-12-29(24,25)14-16)19-10-9-18(26-2)13-20(19)27-3/h5-13,16H,4,14H2,1-3H3/t16-/m1/s1. The molecular formula is C21H23NO6S. The van der Waals surface area contributed by atoms with E-state index in [1.54, 1.807) is 42.5 Å². The number of hydrogen-bond acceptors (Lipinski definition) is 6. The summed E-state index contributed by atoms with van der Waals surface area (Å²) in [5, 5.41) is 1.14. The Morgan fingerprint density at radius 1 is 1.07 bits per heavy atom. The molecule has 2 aromatic rings. The van der Waals surface area contributed by atoms with Gasteiger partial charge in [-0.2, -0.15) is 0 Å². The van der Waals surface area contributed by atoms with Crippen molar-refractivity contribution in [2.24, 2.45) is 0 Å². The van der Waals surface area contributed by atoms with Gasteiger partial charge in [0.05, 0.1) is 38.3 Å². The maximum absolute atomic E-state index is 13.4. The minimum atomic E-state index is -3.37. The van der Waals surface area contributed by atoms with Crippen LogP contribution in [0.4, 0.5) is 5.69 Å². The van der Waals surface area contributed by atoms with Crippen molar-refractivity contribution in [1.29, 1.82) is 0 Å². The molecule has 0 aromatic heterocycles. The Hall–Kier alpha value is -3.00. The summed E-state index contributed by atoms with van der Waals surface area (Å²) in [6.07, 6.45) is 1.52. The molecule has 0 bridgehead atoms. The summed E-state index contributed by atoms with van der Waals surface area (Å²) in [4.78, 5) is 14.8. The van der Waals surface area contributed by atoms with Gasteiger partial charge >= 0.3 is 0 Å². The van der Waals surface area contributed by atoms with Crippen molar-refractivity contribution in [2.75, 3.05) is 31.5 Å². The summed E-state index contributed by atoms with van der Waals surface area (Å²) in [5.74, 6) is 1.09. The average molecular weight is 417 g/mol. The van der Waals surface area contributed by atoms with E-state index < -0.39 is 15.9 Å². The molecule has 0 radical (unpaired) electrons. The van der Waals surface area contributed by atoms with Gasteiger partial charge in [-0.3, -0.25) is 9.69 Å². The summed E-state index contributed by atoms with van der Waals surface area (Å²) in [7, 11) is -0.354. The van der Waals surface area contributed by atoms with Crippen LogP contribution in [0, 0.1) is 0 Å². The van der Waals surface area contributed by atoms with E-state index >= 15 is 0 Å². The van der Waals surface area contributed by atoms with Crippen LogP contribution >= 0.6 is 0 Å². The number of nitrogens with zero attached hydrogens (tertiary/aromatic N) is 1. The highest BCUT2D eigenvalue weighted by Gasteiger charge is 2.33. The van der Waals surface area contributed by atoms with Crippen LogP contribution in [0.15, 0.2) is 53.9 Å². The largest absolute Gasteiger partial charge is 0.497 e. The zero-order chi connectivity index (χ0) is 21.0. The Labute approximate surface area is 170 Å². The molecule has 1 heterocycles. The number of methoxy groups -OCH3 is 2. The van der Waals surface area contributed by atoms with Gasteiger partial charge in [0.25, 0.3) is 5.91 Å². The molecule has 1 aliphatic heterocycles. The van der Waals surface area contributed by atoms with Crippen LogP contribution in [0.25, 0.3) is 0 Å². The second kappa shape index (κ2) is 8.57. The molecule has 8 heteroatoms. The van der Waals surface area contributed by atoms with Crippen LogP contribution in [0.2, 0.25) is 0 Å². The number of ether oxygens (including phenoxy) is 3. The zero-order valence-electron chi connectivity index (χ0n) is 16.5. The van der Waals surface area contributed by atoms with E-state index in [1.807, 2.05) is 6.92 Å². The molecule has 3 rings (SSSR count). The molecule has 0 unspecified atom stereocenters. The predicted octanol–water partition coefficient (Wildman–Crippen LogP) is 3.06. The number of anilines is 1. The summed E-state index contributed by atoms with van der Waals surface area (Å²) in [6.45, 7) is 2.40. The molecule has 0 fully saturated rings. The molecule has 1 atom stereocenters. The van der Waals surface area contributed by atoms with Gasteiger partial charge in [0.1, 0.15) is 17.2 Å². The van der Waals surface area contributed by atoms with E-state index in [4.69, 9.17) is 14.2 Å². The molecule has 2 aromatic carbocycles. The number of amides is 1. The summed E-state index contributed by atoms with van der Waals surface area (Å²) < 4.78 is 40.1. The molecule has 0 spiro atoms. The van der Waals surface area contributed by atoms with Crippen LogP contribution in [-0.4, -0.2) is 46.9 Å². The van der Waals surface area contributed by atoms with Crippen molar-refractivity contribution in [3.8, 4) is 17.2 Å². The molecular weight excluding hydrogens is 394 g/mol. The minimum absolute atomic E-state index is 0.190. The lowest BCUT2D eigenvalue weighted by Gasteiger charge is -2.29. The second-order valence-corrected chi connectivity index (χ2v) is 8.33. The van der Waals surface area contributed by atoms with Crippen molar-refractivity contribution in [3.63, 3.8) is 0 Å². The van der Waals surface area contributed by atoms with Gasteiger partial charge < -0.3 is 14.2 Å². The number of sulfone groups is 1. The quantitative estimate of drug-likeness (QED) is 0.689. The van der Waals surface area contributed by atoms with Gasteiger partial charge in [-0.1, -0.05) is 0 Å². The lowest BCUT2D eigenvalue weighted by atomic mass is 10.1. The maximum atomic E-state index is 13.4. The van der Waals surface area contributed by atoms with Crippen molar-refractivity contribution < 1.29 is 27.4 Å². The summed E-state index contributed by atoms with van der Waals surface area (Å²) >= 11 is 0. The molecule has 1 aliphatic rings. The first-order valence-corrected chi connectivity index (χ1v) is 10.8. The molecule has 1 amide bonds. The third kappa shape index (κ3) is 4.54. The number of carbonyl (C=O) groups excluding carboxylic acids is 1. The third-order valence-electron chi connectivity index (χ3n) is 4.52. The van der Waals surface area contributed by atoms with Crippen molar-refractivity contribution in [3.05, 3.63) is 59.5 Å². The average Bonchev–Trinajstić information content (AvgIpc) is 3.08. The van der Waals surface area contributed by atoms with Crippen molar-refractivity contribution in [1.82, 2.24) is 0 Å². The summed E-state index contributed by atoms with van der Waals surface area (Å²) in [6, 6.07) is 11.1. The van der Waals surface area contributed by atoms with Gasteiger partial charge in [-0.05, 0) is 49.4 Å². The Morgan fingerprint density at radius 3 is 2.31 bits per heavy atom. The first-order valence-electron chi connectivity index (χ1n) is 9.08. The topological polar surface area (TPSA) is 82.1 Å². The SMILES string of the molecule is CCOc1ccc(C(=O)N(c2ccc(OC)cc2OC)[C@@H]2C=CS(=O)(=O)C2)cc1. The number of benzene rings is 2. The van der Waals surface area contributed by atoms with E-state index in [9.17, 15) is 13.2 Å². The fourth-order valence-corrected chi connectivity index (χ4v) is 4.41. The molecule has 0 aliphatic carbocycles. The smallest absolute Gasteiger partial charge is 0.258 e. The number of rotatable bonds is 7. The Kier molecular flexibility index (Phi) is 6.12. The predicted molar refractivity (Wildman–Crippen MR) is 111 cm³/mol. The molecule has 7 nitrogen and oxygen atoms in total. The maximum Gasteiger partial charge on any atom is 0.258 e. The lowest BCUT2D eigenvalue weighted by Crippen LogP contribution is -2.41. The van der Waals surface area contributed by atoms with Crippen molar-refractivity contribution >= 4 is 21.4 Å². The highest BCUT2D eigenvalue weighted by Crippen LogP contribution is 2.36. The van der Waals surface area contributed by atoms with Gasteiger partial charge in [-0.25, -0.2) is 8.42 Å². The van der Waals surface area contributed by atoms with Crippen molar-refractivity contribution in [2.45, 2.75) is 13.0 Å². The van der Waals surface area contributed by atoms with Crippen LogP contribution in [0.3, 0.4) is 0 Å². The normalized spacial score (nSPS) is 17.0. The van der Waals surface area contributed by atoms with E-state index in [0.29, 0.717) is 35.1 Å². The number of hydrogen-bond donors (Lipinski definition) is 0. The van der Waals surface area contributed by atoms with E-state index in [-0.39, 0.29) is 11.7 Å². The van der Waals surface area contributed by atoms with Crippen LogP contribution in [0.1, 0.15) is 17.3 Å². The fourth-order valence-electron chi connectivity index (χ4n) is 3.14. The van der Waals surface area contributed by atoms with E-state index in [0.717, 1.165) is 5.41 Å². The Morgan fingerprint density at radius 2 is 1.76 bits per heavy atom. The first kappa shape index (κ1) is 20.7. The number of carbonyl (C=O) groups is 1. The minimum Gasteiger partial charge on any atom is -0.497 e. The van der Waals surface area contributed by atoms with Crippen LogP contribution < -0.4 is 19.1 Å². The van der Waals surface area contributed by atoms with E-state index in [1.165, 1.54) is 25.2 Å². The van der Waals surface area contributed by atoms with Gasteiger partial charge in [-0.15, -0.1) is 0 Å². The molecule has 0 saturated heterocycles. The van der Waals surface area contributed by atoms with Crippen LogP contribution in [0.5, 0.6) is 17.2 Å². The lowest BCUT2D eigenvalue weighted by molar-refractivity contribution is 0.0982. The second-order valence-electron chi connectivity index (χ2n) is 6.40.